The van der Waals surface area contributed by atoms with Crippen molar-refractivity contribution in [1.29, 1.82) is 0 Å². The summed E-state index contributed by atoms with van der Waals surface area (Å²) in [5, 5.41) is 0. The zero-order chi connectivity index (χ0) is 6.53. The average Bonchev–Trinajstić information content (AvgIpc) is 2.34. The van der Waals surface area contributed by atoms with Gasteiger partial charge < -0.3 is 0 Å². The number of hydrogen-bond acceptors (Lipinski definition) is 1. The Hall–Kier alpha value is 0.0900. The van der Waals surface area contributed by atoms with Gasteiger partial charge in [-0.1, -0.05) is 6.08 Å². The summed E-state index contributed by atoms with van der Waals surface area (Å²) in [6.07, 6.45) is 6.06. The number of rotatable bonds is 3. The van der Waals surface area contributed by atoms with E-state index in [1.807, 2.05) is 6.08 Å². The van der Waals surface area contributed by atoms with E-state index in [1.54, 1.807) is 0 Å². The summed E-state index contributed by atoms with van der Waals surface area (Å²) in [6.45, 7) is 3.71. The second-order valence-electron chi connectivity index (χ2n) is 2.60. The van der Waals surface area contributed by atoms with Gasteiger partial charge >= 0.3 is 0 Å². The third-order valence-corrected chi connectivity index (χ3v) is 3.03. The molecule has 1 fully saturated rings. The third-order valence-electron chi connectivity index (χ3n) is 1.80. The summed E-state index contributed by atoms with van der Waals surface area (Å²) >= 11 is 2.10. The highest BCUT2D eigenvalue weighted by Gasteiger charge is 2.13. The van der Waals surface area contributed by atoms with E-state index in [0.717, 1.165) is 5.92 Å². The topological polar surface area (TPSA) is 0 Å². The lowest BCUT2D eigenvalue weighted by molar-refractivity contribution is 0.553. The minimum atomic E-state index is 1.01. The molecule has 1 aliphatic heterocycles. The SMILES string of the molecule is C=CCC[C@@H]1CCSC1. The van der Waals surface area contributed by atoms with Crippen molar-refractivity contribution in [3.8, 4) is 0 Å². The van der Waals surface area contributed by atoms with Crippen molar-refractivity contribution in [3.05, 3.63) is 12.7 Å². The van der Waals surface area contributed by atoms with Gasteiger partial charge in [0.05, 0.1) is 0 Å². The van der Waals surface area contributed by atoms with Gasteiger partial charge in [0.2, 0.25) is 0 Å². The number of hydrogen-bond donors (Lipinski definition) is 0. The number of allylic oxidation sites excluding steroid dienone is 1. The summed E-state index contributed by atoms with van der Waals surface area (Å²) in [5.74, 6) is 3.79. The van der Waals surface area contributed by atoms with Crippen LogP contribution in [0.1, 0.15) is 19.3 Å². The summed E-state index contributed by atoms with van der Waals surface area (Å²) < 4.78 is 0. The Morgan fingerprint density at radius 2 is 2.56 bits per heavy atom. The molecule has 0 N–H and O–H groups in total. The molecule has 1 rings (SSSR count). The predicted octanol–water partition coefficient (Wildman–Crippen LogP) is 2.71. The van der Waals surface area contributed by atoms with E-state index in [1.165, 1.54) is 30.8 Å². The Labute approximate surface area is 61.7 Å². The number of thioether (sulfide) groups is 1. The minimum Gasteiger partial charge on any atom is -0.162 e. The lowest BCUT2D eigenvalue weighted by atomic mass is 10.0. The highest BCUT2D eigenvalue weighted by Crippen LogP contribution is 2.26. The van der Waals surface area contributed by atoms with Crippen molar-refractivity contribution >= 4 is 11.8 Å². The molecule has 0 aromatic carbocycles. The zero-order valence-electron chi connectivity index (χ0n) is 5.81. The van der Waals surface area contributed by atoms with Crippen LogP contribution in [-0.4, -0.2) is 11.5 Å². The van der Waals surface area contributed by atoms with Crippen LogP contribution in [-0.2, 0) is 0 Å². The van der Waals surface area contributed by atoms with Crippen molar-refractivity contribution in [2.75, 3.05) is 11.5 Å². The van der Waals surface area contributed by atoms with Crippen LogP contribution in [0.25, 0.3) is 0 Å². The van der Waals surface area contributed by atoms with E-state index in [0.29, 0.717) is 0 Å². The molecule has 52 valence electrons. The molecule has 0 aromatic heterocycles. The highest BCUT2D eigenvalue weighted by atomic mass is 32.2. The molecule has 0 unspecified atom stereocenters. The fraction of sp³-hybridized carbons (Fsp3) is 0.750. The van der Waals surface area contributed by atoms with Gasteiger partial charge in [0, 0.05) is 0 Å². The van der Waals surface area contributed by atoms with Crippen LogP contribution < -0.4 is 0 Å². The maximum absolute atomic E-state index is 3.71. The first kappa shape index (κ1) is 7.20. The molecule has 0 aliphatic carbocycles. The van der Waals surface area contributed by atoms with Gasteiger partial charge in [-0.2, -0.15) is 11.8 Å². The molecule has 1 heterocycles. The monoisotopic (exact) mass is 142 g/mol. The molecule has 1 heteroatoms. The van der Waals surface area contributed by atoms with Gasteiger partial charge in [0.15, 0.2) is 0 Å². The van der Waals surface area contributed by atoms with Crippen LogP contribution in [0.5, 0.6) is 0 Å². The van der Waals surface area contributed by atoms with Gasteiger partial charge in [0.25, 0.3) is 0 Å². The van der Waals surface area contributed by atoms with Crippen molar-refractivity contribution in [3.63, 3.8) is 0 Å². The Morgan fingerprint density at radius 3 is 3.11 bits per heavy atom. The van der Waals surface area contributed by atoms with E-state index < -0.39 is 0 Å². The molecular weight excluding hydrogens is 128 g/mol. The molecule has 9 heavy (non-hydrogen) atoms. The summed E-state index contributed by atoms with van der Waals surface area (Å²) in [4.78, 5) is 0. The lowest BCUT2D eigenvalue weighted by Gasteiger charge is -2.02. The first-order valence-corrected chi connectivity index (χ1v) is 4.77. The molecule has 0 saturated carbocycles. The molecule has 1 saturated heterocycles. The largest absolute Gasteiger partial charge is 0.162 e. The van der Waals surface area contributed by atoms with Crippen molar-refractivity contribution in [2.45, 2.75) is 19.3 Å². The first-order valence-electron chi connectivity index (χ1n) is 3.62. The van der Waals surface area contributed by atoms with Gasteiger partial charge in [-0.15, -0.1) is 6.58 Å². The molecule has 0 bridgehead atoms. The first-order chi connectivity index (χ1) is 4.43. The molecule has 0 spiro atoms. The smallest absolute Gasteiger partial charge is 0.00387 e. The van der Waals surface area contributed by atoms with Gasteiger partial charge in [0.1, 0.15) is 0 Å². The van der Waals surface area contributed by atoms with Crippen LogP contribution in [0.2, 0.25) is 0 Å². The van der Waals surface area contributed by atoms with Crippen molar-refractivity contribution < 1.29 is 0 Å². The van der Waals surface area contributed by atoms with Gasteiger partial charge in [-0.25, -0.2) is 0 Å². The fourth-order valence-electron chi connectivity index (χ4n) is 1.16. The molecule has 1 aliphatic rings. The molecule has 0 amide bonds. The predicted molar refractivity (Wildman–Crippen MR) is 44.9 cm³/mol. The van der Waals surface area contributed by atoms with Crippen LogP contribution in [0, 0.1) is 5.92 Å². The Bertz CT molecular complexity index is 82.6. The average molecular weight is 142 g/mol. The van der Waals surface area contributed by atoms with E-state index in [2.05, 4.69) is 18.3 Å². The molecule has 1 atom stereocenters. The Kier molecular flexibility index (Phi) is 3.20. The minimum absolute atomic E-state index is 1.01. The van der Waals surface area contributed by atoms with E-state index in [-0.39, 0.29) is 0 Å². The summed E-state index contributed by atoms with van der Waals surface area (Å²) in [6, 6.07) is 0. The Balaban J connectivity index is 2.04. The quantitative estimate of drug-likeness (QED) is 0.546. The maximum atomic E-state index is 3.71. The highest BCUT2D eigenvalue weighted by molar-refractivity contribution is 7.99. The zero-order valence-corrected chi connectivity index (χ0v) is 6.62. The third kappa shape index (κ3) is 2.44. The standard InChI is InChI=1S/C8H14S/c1-2-3-4-8-5-6-9-7-8/h2,8H,1,3-7H2/t8-/m1/s1. The van der Waals surface area contributed by atoms with Crippen LogP contribution in [0.4, 0.5) is 0 Å². The summed E-state index contributed by atoms with van der Waals surface area (Å²) in [5.41, 5.74) is 0. The fourth-order valence-corrected chi connectivity index (χ4v) is 2.50. The second-order valence-corrected chi connectivity index (χ2v) is 3.75. The Morgan fingerprint density at radius 1 is 1.67 bits per heavy atom. The van der Waals surface area contributed by atoms with Crippen LogP contribution >= 0.6 is 11.8 Å². The molecule has 0 radical (unpaired) electrons. The molecule has 0 aromatic rings. The second kappa shape index (κ2) is 3.99. The van der Waals surface area contributed by atoms with Gasteiger partial charge in [-0.05, 0) is 36.7 Å². The van der Waals surface area contributed by atoms with Gasteiger partial charge in [-0.3, -0.25) is 0 Å². The maximum Gasteiger partial charge on any atom is -0.00387 e. The molecular formula is C8H14S. The van der Waals surface area contributed by atoms with Crippen LogP contribution in [0.3, 0.4) is 0 Å². The van der Waals surface area contributed by atoms with Crippen molar-refractivity contribution in [2.24, 2.45) is 5.92 Å². The summed E-state index contributed by atoms with van der Waals surface area (Å²) in [7, 11) is 0. The van der Waals surface area contributed by atoms with E-state index in [4.69, 9.17) is 0 Å². The van der Waals surface area contributed by atoms with E-state index in [9.17, 15) is 0 Å². The van der Waals surface area contributed by atoms with Crippen molar-refractivity contribution in [1.82, 2.24) is 0 Å². The normalized spacial score (nSPS) is 26.4. The van der Waals surface area contributed by atoms with Crippen LogP contribution in [0.15, 0.2) is 12.7 Å². The van der Waals surface area contributed by atoms with E-state index >= 15 is 0 Å². The lowest BCUT2D eigenvalue weighted by Crippen LogP contribution is -1.95. The molecule has 0 nitrogen and oxygen atoms in total.